The van der Waals surface area contributed by atoms with Crippen molar-refractivity contribution in [2.75, 3.05) is 5.32 Å². The zero-order chi connectivity index (χ0) is 24.7. The second-order valence-electron chi connectivity index (χ2n) is 8.55. The fourth-order valence-electron chi connectivity index (χ4n) is 4.05. The molecule has 0 bridgehead atoms. The quantitative estimate of drug-likeness (QED) is 0.326. The fraction of sp³-hybridized carbons (Fsp3) is 0.107. The van der Waals surface area contributed by atoms with E-state index in [1.807, 2.05) is 67.9 Å². The highest BCUT2D eigenvalue weighted by atomic mass is 19.2. The summed E-state index contributed by atoms with van der Waals surface area (Å²) in [4.78, 5) is 18.1. The number of aromatic nitrogens is 3. The molecule has 0 spiro atoms. The van der Waals surface area contributed by atoms with Crippen molar-refractivity contribution < 1.29 is 13.6 Å². The van der Waals surface area contributed by atoms with Crippen LogP contribution in [0.15, 0.2) is 72.9 Å². The molecule has 7 heteroatoms. The molecular weight excluding hydrogens is 446 g/mol. The number of nitrogens with zero attached hydrogens (tertiary/aromatic N) is 3. The van der Waals surface area contributed by atoms with Gasteiger partial charge in [0.05, 0.1) is 34.4 Å². The number of halogens is 2. The molecule has 0 unspecified atom stereocenters. The summed E-state index contributed by atoms with van der Waals surface area (Å²) in [6, 6.07) is 18.7. The third kappa shape index (κ3) is 4.28. The van der Waals surface area contributed by atoms with Crippen LogP contribution in [0.25, 0.3) is 27.8 Å². The van der Waals surface area contributed by atoms with Crippen LogP contribution in [-0.4, -0.2) is 20.7 Å². The molecule has 1 amide bonds. The Labute approximate surface area is 201 Å². The number of benzene rings is 3. The van der Waals surface area contributed by atoms with Crippen LogP contribution in [-0.2, 0) is 0 Å². The number of anilines is 1. The van der Waals surface area contributed by atoms with Crippen LogP contribution in [0.5, 0.6) is 0 Å². The zero-order valence-corrected chi connectivity index (χ0v) is 19.4. The summed E-state index contributed by atoms with van der Waals surface area (Å²) in [6.07, 6.45) is 1.73. The van der Waals surface area contributed by atoms with Gasteiger partial charge < -0.3 is 5.32 Å². The number of amides is 1. The molecule has 0 fully saturated rings. The molecule has 174 valence electrons. The molecule has 5 nitrogen and oxygen atoms in total. The summed E-state index contributed by atoms with van der Waals surface area (Å²) in [6.45, 7) is 5.91. The van der Waals surface area contributed by atoms with Gasteiger partial charge in [-0.25, -0.2) is 18.4 Å². The van der Waals surface area contributed by atoms with E-state index in [4.69, 9.17) is 4.98 Å². The van der Waals surface area contributed by atoms with E-state index in [2.05, 4.69) is 10.4 Å². The number of aryl methyl sites for hydroxylation is 2. The first-order valence-corrected chi connectivity index (χ1v) is 11.1. The summed E-state index contributed by atoms with van der Waals surface area (Å²) in [7, 11) is 0. The number of hydrogen-bond acceptors (Lipinski definition) is 3. The predicted molar refractivity (Wildman–Crippen MR) is 133 cm³/mol. The molecule has 0 atom stereocenters. The third-order valence-electron chi connectivity index (χ3n) is 5.95. The summed E-state index contributed by atoms with van der Waals surface area (Å²) in [5, 5.41) is 7.88. The summed E-state index contributed by atoms with van der Waals surface area (Å²) >= 11 is 0. The van der Waals surface area contributed by atoms with Gasteiger partial charge in [-0.3, -0.25) is 4.79 Å². The molecular formula is C28H22F2N4O. The highest BCUT2D eigenvalue weighted by Gasteiger charge is 2.18. The van der Waals surface area contributed by atoms with Gasteiger partial charge in [0.2, 0.25) is 0 Å². The van der Waals surface area contributed by atoms with Gasteiger partial charge >= 0.3 is 0 Å². The topological polar surface area (TPSA) is 59.8 Å². The van der Waals surface area contributed by atoms with Crippen LogP contribution in [0.1, 0.15) is 27.2 Å². The van der Waals surface area contributed by atoms with E-state index in [-0.39, 0.29) is 5.69 Å². The van der Waals surface area contributed by atoms with Gasteiger partial charge in [-0.2, -0.15) is 5.10 Å². The Bertz CT molecular complexity index is 1590. The first-order valence-electron chi connectivity index (χ1n) is 11.1. The van der Waals surface area contributed by atoms with Crippen molar-refractivity contribution in [3.8, 4) is 16.9 Å². The molecule has 35 heavy (non-hydrogen) atoms. The maximum absolute atomic E-state index is 13.7. The summed E-state index contributed by atoms with van der Waals surface area (Å²) in [5.74, 6) is -2.45. The van der Waals surface area contributed by atoms with Crippen LogP contribution in [0.3, 0.4) is 0 Å². The molecule has 5 rings (SSSR count). The molecule has 0 aliphatic heterocycles. The average molecular weight is 469 g/mol. The molecule has 3 aromatic carbocycles. The number of carbonyl (C=O) groups excluding carboxylic acids is 1. The Morgan fingerprint density at radius 1 is 0.857 bits per heavy atom. The molecule has 0 radical (unpaired) electrons. The Morgan fingerprint density at radius 2 is 1.60 bits per heavy atom. The van der Waals surface area contributed by atoms with Gasteiger partial charge in [-0.05, 0) is 63.2 Å². The highest BCUT2D eigenvalue weighted by Crippen LogP contribution is 2.29. The van der Waals surface area contributed by atoms with Crippen LogP contribution in [0.2, 0.25) is 0 Å². The maximum Gasteiger partial charge on any atom is 0.256 e. The van der Waals surface area contributed by atoms with Gasteiger partial charge in [-0.15, -0.1) is 0 Å². The van der Waals surface area contributed by atoms with Crippen LogP contribution in [0.4, 0.5) is 14.5 Å². The number of carbonyl (C=O) groups is 1. The molecule has 2 heterocycles. The Morgan fingerprint density at radius 3 is 2.34 bits per heavy atom. The molecule has 2 aromatic heterocycles. The van der Waals surface area contributed by atoms with Crippen LogP contribution < -0.4 is 5.32 Å². The Balaban J connectivity index is 1.60. The van der Waals surface area contributed by atoms with E-state index in [0.717, 1.165) is 40.2 Å². The molecule has 0 aliphatic rings. The van der Waals surface area contributed by atoms with Gasteiger partial charge in [0.15, 0.2) is 11.6 Å². The molecule has 5 aromatic rings. The minimum atomic E-state index is -1.03. The number of nitrogens with one attached hydrogen (secondary N) is 1. The highest BCUT2D eigenvalue weighted by molar-refractivity contribution is 6.13. The van der Waals surface area contributed by atoms with Gasteiger partial charge in [0.1, 0.15) is 0 Å². The minimum absolute atomic E-state index is 0.163. The second kappa shape index (κ2) is 8.76. The normalized spacial score (nSPS) is 11.1. The molecule has 0 aliphatic carbocycles. The molecule has 1 N–H and O–H groups in total. The lowest BCUT2D eigenvalue weighted by atomic mass is 10.0. The largest absolute Gasteiger partial charge is 0.322 e. The lowest BCUT2D eigenvalue weighted by Crippen LogP contribution is -2.13. The summed E-state index contributed by atoms with van der Waals surface area (Å²) in [5.41, 5.74) is 6.48. The molecule has 0 saturated carbocycles. The van der Waals surface area contributed by atoms with E-state index in [9.17, 15) is 13.6 Å². The average Bonchev–Trinajstić information content (AvgIpc) is 3.22. The van der Waals surface area contributed by atoms with Crippen molar-refractivity contribution in [1.82, 2.24) is 14.8 Å². The minimum Gasteiger partial charge on any atom is -0.322 e. The number of rotatable bonds is 4. The van der Waals surface area contributed by atoms with E-state index >= 15 is 0 Å². The van der Waals surface area contributed by atoms with Crippen LogP contribution >= 0.6 is 0 Å². The zero-order valence-electron chi connectivity index (χ0n) is 19.4. The van der Waals surface area contributed by atoms with Gasteiger partial charge in [-0.1, -0.05) is 29.3 Å². The first kappa shape index (κ1) is 22.4. The van der Waals surface area contributed by atoms with Crippen molar-refractivity contribution in [1.29, 1.82) is 0 Å². The van der Waals surface area contributed by atoms with E-state index in [0.29, 0.717) is 22.2 Å². The number of fused-ring (bicyclic) bond motifs is 1. The maximum atomic E-state index is 13.7. The predicted octanol–water partition coefficient (Wildman–Crippen LogP) is 6.54. The summed E-state index contributed by atoms with van der Waals surface area (Å²) < 4.78 is 28.8. The van der Waals surface area contributed by atoms with Gasteiger partial charge in [0.25, 0.3) is 5.91 Å². The standard InChI is InChI=1S/C28H22F2N4O/c1-16-4-8-20(9-5-16)34-18(3)23(15-31-34)27-14-22(21-12-17(2)6-11-26(21)33-27)28(35)32-19-7-10-24(29)25(30)13-19/h4-15H,1-3H3,(H,32,35). The smallest absolute Gasteiger partial charge is 0.256 e. The fourth-order valence-corrected chi connectivity index (χ4v) is 4.05. The lowest BCUT2D eigenvalue weighted by Gasteiger charge is -2.12. The van der Waals surface area contributed by atoms with E-state index in [1.54, 1.807) is 12.3 Å². The van der Waals surface area contributed by atoms with E-state index in [1.165, 1.54) is 6.07 Å². The first-order chi connectivity index (χ1) is 16.8. The second-order valence-corrected chi connectivity index (χ2v) is 8.55. The Hall–Kier alpha value is -4.39. The number of pyridine rings is 1. The van der Waals surface area contributed by atoms with Crippen molar-refractivity contribution in [3.63, 3.8) is 0 Å². The Kier molecular flexibility index (Phi) is 5.61. The SMILES string of the molecule is Cc1ccc(-n2ncc(-c3cc(C(=O)Nc4ccc(F)c(F)c4)c4cc(C)ccc4n3)c2C)cc1. The van der Waals surface area contributed by atoms with Crippen molar-refractivity contribution in [3.05, 3.63) is 107 Å². The van der Waals surface area contributed by atoms with Crippen molar-refractivity contribution in [2.45, 2.75) is 20.8 Å². The van der Waals surface area contributed by atoms with E-state index < -0.39 is 17.5 Å². The number of hydrogen-bond donors (Lipinski definition) is 1. The third-order valence-corrected chi connectivity index (χ3v) is 5.95. The van der Waals surface area contributed by atoms with Gasteiger partial charge in [0, 0.05) is 22.7 Å². The van der Waals surface area contributed by atoms with Crippen LogP contribution in [0, 0.1) is 32.4 Å². The lowest BCUT2D eigenvalue weighted by molar-refractivity contribution is 0.102. The van der Waals surface area contributed by atoms with Crippen molar-refractivity contribution in [2.24, 2.45) is 0 Å². The molecule has 0 saturated heterocycles. The monoisotopic (exact) mass is 468 g/mol. The van der Waals surface area contributed by atoms with Crippen molar-refractivity contribution >= 4 is 22.5 Å².